The van der Waals surface area contributed by atoms with Crippen molar-refractivity contribution in [1.82, 2.24) is 5.32 Å². The molecule has 0 saturated carbocycles. The Morgan fingerprint density at radius 3 is 2.40 bits per heavy atom. The molecule has 0 fully saturated rings. The topological polar surface area (TPSA) is 75.7 Å². The van der Waals surface area contributed by atoms with Crippen LogP contribution in [0.4, 0.5) is 5.69 Å². The number of nitrogens with one attached hydrogen (secondary N) is 1. The van der Waals surface area contributed by atoms with Gasteiger partial charge < -0.3 is 10.1 Å². The van der Waals surface area contributed by atoms with E-state index in [0.717, 1.165) is 29.7 Å². The van der Waals surface area contributed by atoms with Crippen molar-refractivity contribution in [2.75, 3.05) is 17.4 Å². The maximum atomic E-state index is 13.5. The first-order valence-corrected chi connectivity index (χ1v) is 13.4. The SMILES string of the molecule is CCc1ccccc1N(CC(=O)NCCCc1cccc(OC(C)C)c1)S(=O)(=O)c1ccccc1. The molecule has 7 heteroatoms. The van der Waals surface area contributed by atoms with Crippen molar-refractivity contribution < 1.29 is 17.9 Å². The van der Waals surface area contributed by atoms with Gasteiger partial charge in [-0.1, -0.05) is 55.5 Å². The van der Waals surface area contributed by atoms with Gasteiger partial charge in [-0.25, -0.2) is 8.42 Å². The molecule has 0 aromatic heterocycles. The molecule has 1 N–H and O–H groups in total. The first-order valence-electron chi connectivity index (χ1n) is 12.0. The summed E-state index contributed by atoms with van der Waals surface area (Å²) in [6.45, 7) is 6.10. The molecule has 3 aromatic carbocycles. The molecule has 3 rings (SSSR count). The predicted octanol–water partition coefficient (Wildman–Crippen LogP) is 4.98. The van der Waals surface area contributed by atoms with Gasteiger partial charge >= 0.3 is 0 Å². The van der Waals surface area contributed by atoms with E-state index >= 15 is 0 Å². The quantitative estimate of drug-likeness (QED) is 0.360. The van der Waals surface area contributed by atoms with E-state index < -0.39 is 10.0 Å². The molecule has 3 aromatic rings. The number of hydrogen-bond donors (Lipinski definition) is 1. The lowest BCUT2D eigenvalue weighted by atomic mass is 10.1. The van der Waals surface area contributed by atoms with Crippen LogP contribution < -0.4 is 14.4 Å². The molecule has 0 unspecified atom stereocenters. The highest BCUT2D eigenvalue weighted by Gasteiger charge is 2.28. The van der Waals surface area contributed by atoms with Gasteiger partial charge in [0.25, 0.3) is 10.0 Å². The monoisotopic (exact) mass is 494 g/mol. The molecule has 1 amide bonds. The van der Waals surface area contributed by atoms with Crippen molar-refractivity contribution in [3.8, 4) is 5.75 Å². The number of ether oxygens (including phenoxy) is 1. The average Bonchev–Trinajstić information content (AvgIpc) is 2.85. The molecule has 0 saturated heterocycles. The average molecular weight is 495 g/mol. The van der Waals surface area contributed by atoms with Crippen LogP contribution in [0.5, 0.6) is 5.75 Å². The zero-order chi connectivity index (χ0) is 25.3. The number of aryl methyl sites for hydroxylation is 2. The van der Waals surface area contributed by atoms with Gasteiger partial charge in [0.2, 0.25) is 5.91 Å². The van der Waals surface area contributed by atoms with Crippen LogP contribution in [0.15, 0.2) is 83.8 Å². The minimum absolute atomic E-state index is 0.109. The van der Waals surface area contributed by atoms with Crippen LogP contribution in [-0.4, -0.2) is 33.5 Å². The predicted molar refractivity (Wildman–Crippen MR) is 140 cm³/mol. The van der Waals surface area contributed by atoms with Gasteiger partial charge in [0.1, 0.15) is 12.3 Å². The lowest BCUT2D eigenvalue weighted by Crippen LogP contribution is -2.41. The highest BCUT2D eigenvalue weighted by atomic mass is 32.2. The summed E-state index contributed by atoms with van der Waals surface area (Å²) in [5.74, 6) is 0.491. The molecular weight excluding hydrogens is 460 g/mol. The van der Waals surface area contributed by atoms with Crippen molar-refractivity contribution >= 4 is 21.6 Å². The van der Waals surface area contributed by atoms with Gasteiger partial charge in [0.15, 0.2) is 0 Å². The molecule has 0 bridgehead atoms. The van der Waals surface area contributed by atoms with Crippen LogP contribution in [0.2, 0.25) is 0 Å². The van der Waals surface area contributed by atoms with Crippen molar-refractivity contribution in [3.63, 3.8) is 0 Å². The Bertz CT molecular complexity index is 1210. The maximum absolute atomic E-state index is 13.5. The molecule has 0 heterocycles. The molecule has 35 heavy (non-hydrogen) atoms. The van der Waals surface area contributed by atoms with E-state index in [0.29, 0.717) is 18.7 Å². The Labute approximate surface area is 209 Å². The third kappa shape index (κ3) is 7.33. The molecule has 0 spiro atoms. The fourth-order valence-electron chi connectivity index (χ4n) is 3.83. The van der Waals surface area contributed by atoms with Crippen LogP contribution in [-0.2, 0) is 27.7 Å². The summed E-state index contributed by atoms with van der Waals surface area (Å²) in [5.41, 5.74) is 2.52. The highest BCUT2D eigenvalue weighted by molar-refractivity contribution is 7.92. The number of nitrogens with zero attached hydrogens (tertiary/aromatic N) is 1. The van der Waals surface area contributed by atoms with Crippen LogP contribution in [0.1, 0.15) is 38.3 Å². The zero-order valence-corrected chi connectivity index (χ0v) is 21.4. The van der Waals surface area contributed by atoms with E-state index in [1.807, 2.05) is 57.2 Å². The van der Waals surface area contributed by atoms with E-state index in [2.05, 4.69) is 5.32 Å². The van der Waals surface area contributed by atoms with Gasteiger partial charge in [-0.3, -0.25) is 9.10 Å². The molecule has 186 valence electrons. The van der Waals surface area contributed by atoms with Crippen molar-refractivity contribution in [2.45, 2.75) is 51.0 Å². The Balaban J connectivity index is 1.67. The van der Waals surface area contributed by atoms with Gasteiger partial charge in [-0.05, 0) is 74.6 Å². The van der Waals surface area contributed by atoms with Gasteiger partial charge in [0.05, 0.1) is 16.7 Å². The van der Waals surface area contributed by atoms with E-state index in [1.165, 1.54) is 4.31 Å². The second-order valence-electron chi connectivity index (χ2n) is 8.57. The van der Waals surface area contributed by atoms with Gasteiger partial charge in [-0.2, -0.15) is 0 Å². The van der Waals surface area contributed by atoms with Crippen LogP contribution in [0.3, 0.4) is 0 Å². The largest absolute Gasteiger partial charge is 0.491 e. The fraction of sp³-hybridized carbons (Fsp3) is 0.321. The molecule has 0 aliphatic carbocycles. The first-order chi connectivity index (χ1) is 16.8. The summed E-state index contributed by atoms with van der Waals surface area (Å²) in [5, 5.41) is 2.88. The fourth-order valence-corrected chi connectivity index (χ4v) is 5.31. The number of amides is 1. The zero-order valence-electron chi connectivity index (χ0n) is 20.6. The number of carbonyl (C=O) groups excluding carboxylic acids is 1. The molecule has 0 aliphatic heterocycles. The van der Waals surface area contributed by atoms with Crippen molar-refractivity contribution in [2.24, 2.45) is 0 Å². The standard InChI is InChI=1S/C28H34N2O4S/c1-4-24-14-8-9-18-27(24)30(35(32,33)26-16-6-5-7-17-26)21-28(31)29-19-11-13-23-12-10-15-25(20-23)34-22(2)3/h5-10,12,14-18,20,22H,4,11,13,19,21H2,1-3H3,(H,29,31). The molecular formula is C28H34N2O4S. The number of benzene rings is 3. The number of hydrogen-bond acceptors (Lipinski definition) is 4. The molecule has 0 aliphatic rings. The van der Waals surface area contributed by atoms with Gasteiger partial charge in [0, 0.05) is 6.54 Å². The minimum atomic E-state index is -3.91. The third-order valence-electron chi connectivity index (χ3n) is 5.49. The second kappa shape index (κ2) is 12.4. The Morgan fingerprint density at radius 2 is 1.69 bits per heavy atom. The summed E-state index contributed by atoms with van der Waals surface area (Å²) in [6.07, 6.45) is 2.27. The number of sulfonamides is 1. The van der Waals surface area contributed by atoms with Crippen LogP contribution in [0.25, 0.3) is 0 Å². The number of anilines is 1. The normalized spacial score (nSPS) is 11.3. The smallest absolute Gasteiger partial charge is 0.264 e. The Kier molecular flexibility index (Phi) is 9.32. The minimum Gasteiger partial charge on any atom is -0.491 e. The third-order valence-corrected chi connectivity index (χ3v) is 7.27. The number of carbonyl (C=O) groups is 1. The number of rotatable bonds is 12. The lowest BCUT2D eigenvalue weighted by Gasteiger charge is -2.26. The van der Waals surface area contributed by atoms with Crippen LogP contribution >= 0.6 is 0 Å². The summed E-state index contributed by atoms with van der Waals surface area (Å²) < 4.78 is 33.9. The van der Waals surface area contributed by atoms with E-state index in [1.54, 1.807) is 42.5 Å². The number of para-hydroxylation sites is 1. The van der Waals surface area contributed by atoms with Gasteiger partial charge in [-0.15, -0.1) is 0 Å². The molecule has 6 nitrogen and oxygen atoms in total. The maximum Gasteiger partial charge on any atom is 0.264 e. The highest BCUT2D eigenvalue weighted by Crippen LogP contribution is 2.27. The van der Waals surface area contributed by atoms with Crippen molar-refractivity contribution in [1.29, 1.82) is 0 Å². The summed E-state index contributed by atoms with van der Waals surface area (Å²) in [4.78, 5) is 13.0. The summed E-state index contributed by atoms with van der Waals surface area (Å²) in [7, 11) is -3.91. The summed E-state index contributed by atoms with van der Waals surface area (Å²) in [6, 6.07) is 23.5. The Morgan fingerprint density at radius 1 is 0.971 bits per heavy atom. The second-order valence-corrected chi connectivity index (χ2v) is 10.4. The first kappa shape index (κ1) is 26.3. The van der Waals surface area contributed by atoms with E-state index in [-0.39, 0.29) is 23.5 Å². The Hall–Kier alpha value is -3.32. The van der Waals surface area contributed by atoms with E-state index in [9.17, 15) is 13.2 Å². The molecule has 0 atom stereocenters. The summed E-state index contributed by atoms with van der Waals surface area (Å²) >= 11 is 0. The lowest BCUT2D eigenvalue weighted by molar-refractivity contribution is -0.119. The molecule has 0 radical (unpaired) electrons. The van der Waals surface area contributed by atoms with Crippen LogP contribution in [0, 0.1) is 0 Å². The van der Waals surface area contributed by atoms with E-state index in [4.69, 9.17) is 4.74 Å². The van der Waals surface area contributed by atoms with Crippen molar-refractivity contribution in [3.05, 3.63) is 90.0 Å².